The van der Waals surface area contributed by atoms with Crippen LogP contribution in [0.2, 0.25) is 4.34 Å². The standard InChI is InChI=1S/C11H11ClN2O2S2/c1-14(2)11-13-10(9(12)17-11)18(15,16)8-6-4-3-5-7-8/h3-7H,1-2H3. The lowest BCUT2D eigenvalue weighted by molar-refractivity contribution is 0.593. The molecule has 7 heteroatoms. The van der Waals surface area contributed by atoms with Gasteiger partial charge in [-0.15, -0.1) is 0 Å². The summed E-state index contributed by atoms with van der Waals surface area (Å²) in [6.45, 7) is 0. The van der Waals surface area contributed by atoms with Crippen LogP contribution in [-0.2, 0) is 9.84 Å². The van der Waals surface area contributed by atoms with E-state index in [0.717, 1.165) is 11.3 Å². The molecule has 1 aromatic carbocycles. The lowest BCUT2D eigenvalue weighted by atomic mass is 10.4. The van der Waals surface area contributed by atoms with Crippen molar-refractivity contribution in [2.75, 3.05) is 19.0 Å². The Labute approximate surface area is 115 Å². The highest BCUT2D eigenvalue weighted by Crippen LogP contribution is 2.35. The number of aromatic nitrogens is 1. The van der Waals surface area contributed by atoms with Crippen LogP contribution in [0.5, 0.6) is 0 Å². The summed E-state index contributed by atoms with van der Waals surface area (Å²) >= 11 is 7.12. The van der Waals surface area contributed by atoms with Gasteiger partial charge in [0.25, 0.3) is 0 Å². The zero-order chi connectivity index (χ0) is 13.3. The molecule has 0 radical (unpaired) electrons. The van der Waals surface area contributed by atoms with Crippen LogP contribution >= 0.6 is 22.9 Å². The Morgan fingerprint density at radius 2 is 1.83 bits per heavy atom. The minimum atomic E-state index is -3.64. The van der Waals surface area contributed by atoms with Gasteiger partial charge < -0.3 is 4.90 Å². The maximum absolute atomic E-state index is 12.3. The van der Waals surface area contributed by atoms with Crippen LogP contribution in [0.3, 0.4) is 0 Å². The van der Waals surface area contributed by atoms with Crippen molar-refractivity contribution in [3.05, 3.63) is 34.7 Å². The van der Waals surface area contributed by atoms with E-state index >= 15 is 0 Å². The largest absolute Gasteiger partial charge is 0.354 e. The molecule has 0 bridgehead atoms. The fourth-order valence-electron chi connectivity index (χ4n) is 1.35. The van der Waals surface area contributed by atoms with Crippen molar-refractivity contribution in [2.24, 2.45) is 0 Å². The van der Waals surface area contributed by atoms with Crippen molar-refractivity contribution in [2.45, 2.75) is 9.92 Å². The summed E-state index contributed by atoms with van der Waals surface area (Å²) in [5.41, 5.74) is 0. The van der Waals surface area contributed by atoms with Gasteiger partial charge in [-0.1, -0.05) is 41.1 Å². The number of benzene rings is 1. The first-order valence-corrected chi connectivity index (χ1v) is 7.74. The molecule has 0 saturated carbocycles. The van der Waals surface area contributed by atoms with E-state index in [1.807, 2.05) is 0 Å². The van der Waals surface area contributed by atoms with E-state index in [1.165, 1.54) is 12.1 Å². The molecule has 0 aliphatic carbocycles. The maximum Gasteiger partial charge on any atom is 0.226 e. The van der Waals surface area contributed by atoms with Crippen molar-refractivity contribution in [1.82, 2.24) is 4.98 Å². The molecular formula is C11H11ClN2O2S2. The second-order valence-corrected chi connectivity index (χ2v) is 7.23. The first-order chi connectivity index (χ1) is 8.43. The zero-order valence-corrected chi connectivity index (χ0v) is 12.2. The number of halogens is 1. The van der Waals surface area contributed by atoms with E-state index in [9.17, 15) is 8.42 Å². The maximum atomic E-state index is 12.3. The number of thiazole rings is 1. The van der Waals surface area contributed by atoms with Gasteiger partial charge in [-0.2, -0.15) is 0 Å². The van der Waals surface area contributed by atoms with Gasteiger partial charge in [-0.3, -0.25) is 0 Å². The van der Waals surface area contributed by atoms with E-state index in [0.29, 0.717) is 5.13 Å². The monoisotopic (exact) mass is 302 g/mol. The zero-order valence-electron chi connectivity index (χ0n) is 9.79. The highest BCUT2D eigenvalue weighted by Gasteiger charge is 2.25. The summed E-state index contributed by atoms with van der Waals surface area (Å²) in [7, 11) is -0.0701. The van der Waals surface area contributed by atoms with E-state index in [1.54, 1.807) is 37.2 Å². The number of sulfone groups is 1. The molecule has 0 N–H and O–H groups in total. The Morgan fingerprint density at radius 3 is 2.33 bits per heavy atom. The Morgan fingerprint density at radius 1 is 1.22 bits per heavy atom. The van der Waals surface area contributed by atoms with E-state index < -0.39 is 9.84 Å². The summed E-state index contributed by atoms with van der Waals surface area (Å²) in [5, 5.41) is 0.485. The molecule has 0 saturated heterocycles. The molecule has 0 aliphatic rings. The average molecular weight is 303 g/mol. The summed E-state index contributed by atoms with van der Waals surface area (Å²) in [4.78, 5) is 6.00. The first kappa shape index (κ1) is 13.3. The van der Waals surface area contributed by atoms with Gasteiger partial charge in [0.05, 0.1) is 4.90 Å². The Balaban J connectivity index is 2.55. The van der Waals surface area contributed by atoms with Crippen LogP contribution in [-0.4, -0.2) is 27.5 Å². The number of rotatable bonds is 3. The molecule has 0 atom stereocenters. The molecule has 2 rings (SSSR count). The van der Waals surface area contributed by atoms with Gasteiger partial charge in [0.2, 0.25) is 9.84 Å². The van der Waals surface area contributed by atoms with Crippen molar-refractivity contribution in [3.63, 3.8) is 0 Å². The third kappa shape index (κ3) is 2.36. The van der Waals surface area contributed by atoms with Gasteiger partial charge in [-0.25, -0.2) is 13.4 Å². The second-order valence-electron chi connectivity index (χ2n) is 3.79. The molecule has 96 valence electrons. The van der Waals surface area contributed by atoms with E-state index in [4.69, 9.17) is 11.6 Å². The van der Waals surface area contributed by atoms with Gasteiger partial charge in [0.15, 0.2) is 10.2 Å². The third-order valence-corrected chi connectivity index (χ3v) is 5.60. The van der Waals surface area contributed by atoms with Crippen molar-refractivity contribution >= 4 is 37.9 Å². The third-order valence-electron chi connectivity index (χ3n) is 2.24. The fourth-order valence-corrected chi connectivity index (χ4v) is 4.18. The van der Waals surface area contributed by atoms with Crippen LogP contribution < -0.4 is 4.90 Å². The summed E-state index contributed by atoms with van der Waals surface area (Å²) < 4.78 is 24.8. The first-order valence-electron chi connectivity index (χ1n) is 5.06. The van der Waals surface area contributed by atoms with Crippen LogP contribution in [0.15, 0.2) is 40.3 Å². The topological polar surface area (TPSA) is 50.3 Å². The van der Waals surface area contributed by atoms with Gasteiger partial charge in [0, 0.05) is 14.1 Å². The highest BCUT2D eigenvalue weighted by atomic mass is 35.5. The molecule has 1 aromatic heterocycles. The van der Waals surface area contributed by atoms with Crippen LogP contribution in [0, 0.1) is 0 Å². The number of anilines is 1. The van der Waals surface area contributed by atoms with E-state index in [2.05, 4.69) is 4.98 Å². The molecule has 0 amide bonds. The normalized spacial score (nSPS) is 11.5. The molecule has 18 heavy (non-hydrogen) atoms. The molecule has 0 fully saturated rings. The van der Waals surface area contributed by atoms with Crippen LogP contribution in [0.1, 0.15) is 0 Å². The van der Waals surface area contributed by atoms with Gasteiger partial charge in [0.1, 0.15) is 4.34 Å². The lowest BCUT2D eigenvalue weighted by Crippen LogP contribution is -2.09. The molecular weight excluding hydrogens is 292 g/mol. The Hall–Kier alpha value is -1.11. The molecule has 0 aliphatic heterocycles. The quantitative estimate of drug-likeness (QED) is 0.875. The number of hydrogen-bond donors (Lipinski definition) is 0. The Bertz CT molecular complexity index is 651. The minimum Gasteiger partial charge on any atom is -0.354 e. The Kier molecular flexibility index (Phi) is 3.61. The van der Waals surface area contributed by atoms with Crippen LogP contribution in [0.4, 0.5) is 5.13 Å². The van der Waals surface area contributed by atoms with Gasteiger partial charge in [-0.05, 0) is 12.1 Å². The summed E-state index contributed by atoms with van der Waals surface area (Å²) in [6.07, 6.45) is 0. The summed E-state index contributed by atoms with van der Waals surface area (Å²) in [5.74, 6) is 0. The molecule has 1 heterocycles. The van der Waals surface area contributed by atoms with Crippen molar-refractivity contribution in [1.29, 1.82) is 0 Å². The predicted octanol–water partition coefficient (Wildman–Crippen LogP) is 2.70. The van der Waals surface area contributed by atoms with Crippen molar-refractivity contribution in [3.8, 4) is 0 Å². The molecule has 0 unspecified atom stereocenters. The fraction of sp³-hybridized carbons (Fsp3) is 0.182. The predicted molar refractivity (Wildman–Crippen MR) is 73.3 cm³/mol. The lowest BCUT2D eigenvalue weighted by Gasteiger charge is -2.05. The molecule has 4 nitrogen and oxygen atoms in total. The summed E-state index contributed by atoms with van der Waals surface area (Å²) in [6, 6.07) is 8.15. The van der Waals surface area contributed by atoms with E-state index in [-0.39, 0.29) is 14.3 Å². The molecule has 0 spiro atoms. The minimum absolute atomic E-state index is 0.0796. The smallest absolute Gasteiger partial charge is 0.226 e. The second kappa shape index (κ2) is 4.87. The van der Waals surface area contributed by atoms with Crippen molar-refractivity contribution < 1.29 is 8.42 Å². The van der Waals surface area contributed by atoms with Gasteiger partial charge >= 0.3 is 0 Å². The number of nitrogens with zero attached hydrogens (tertiary/aromatic N) is 2. The van der Waals surface area contributed by atoms with Crippen LogP contribution in [0.25, 0.3) is 0 Å². The molecule has 2 aromatic rings. The average Bonchev–Trinajstić information content (AvgIpc) is 2.73. The number of hydrogen-bond acceptors (Lipinski definition) is 5. The SMILES string of the molecule is CN(C)c1nc(S(=O)(=O)c2ccccc2)c(Cl)s1. The highest BCUT2D eigenvalue weighted by molar-refractivity contribution is 7.91.